The van der Waals surface area contributed by atoms with Gasteiger partial charge in [-0.05, 0) is 19.3 Å². The van der Waals surface area contributed by atoms with Crippen molar-refractivity contribution in [2.45, 2.75) is 26.2 Å². The fourth-order valence-corrected chi connectivity index (χ4v) is 2.36. The third-order valence-electron chi connectivity index (χ3n) is 3.68. The van der Waals surface area contributed by atoms with E-state index in [1.165, 1.54) is 24.2 Å². The lowest BCUT2D eigenvalue weighted by atomic mass is 10.1. The van der Waals surface area contributed by atoms with E-state index < -0.39 is 0 Å². The van der Waals surface area contributed by atoms with Crippen LogP contribution in [0.1, 0.15) is 25.5 Å². The Morgan fingerprint density at radius 3 is 2.73 bits per heavy atom. The number of aromatic nitrogens is 2. The van der Waals surface area contributed by atoms with Crippen molar-refractivity contribution in [2.24, 2.45) is 12.5 Å². The molecule has 0 atom stereocenters. The normalized spacial score (nSPS) is 21.5. The summed E-state index contributed by atoms with van der Waals surface area (Å²) in [5, 5.41) is 11.6. The Morgan fingerprint density at radius 2 is 2.07 bits per heavy atom. The van der Waals surface area contributed by atoms with Crippen LogP contribution in [0.4, 0.5) is 11.5 Å². The summed E-state index contributed by atoms with van der Waals surface area (Å²) in [4.78, 5) is 0. The molecule has 1 aliphatic heterocycles. The van der Waals surface area contributed by atoms with E-state index in [-0.39, 0.29) is 0 Å². The molecule has 0 radical (unpaired) electrons. The maximum absolute atomic E-state index is 4.51. The van der Waals surface area contributed by atoms with Crippen LogP contribution in [0.2, 0.25) is 0 Å². The second-order valence-electron chi connectivity index (χ2n) is 4.85. The first-order chi connectivity index (χ1) is 7.24. The van der Waals surface area contributed by atoms with Gasteiger partial charge in [0.1, 0.15) is 11.5 Å². The monoisotopic (exact) mass is 206 g/mol. The Balaban J connectivity index is 1.96. The first-order valence-electron chi connectivity index (χ1n) is 5.78. The minimum atomic E-state index is 0.532. The van der Waals surface area contributed by atoms with Crippen LogP contribution in [0.3, 0.4) is 0 Å². The summed E-state index contributed by atoms with van der Waals surface area (Å²) in [7, 11) is 2.01. The van der Waals surface area contributed by atoms with Gasteiger partial charge in [-0.3, -0.25) is 4.68 Å². The molecule has 2 aliphatic rings. The van der Waals surface area contributed by atoms with Gasteiger partial charge in [0.15, 0.2) is 0 Å². The zero-order valence-corrected chi connectivity index (χ0v) is 9.43. The van der Waals surface area contributed by atoms with Crippen LogP contribution in [0, 0.1) is 5.41 Å². The molecule has 0 amide bonds. The second-order valence-corrected chi connectivity index (χ2v) is 4.85. The van der Waals surface area contributed by atoms with Crippen molar-refractivity contribution in [1.82, 2.24) is 9.78 Å². The van der Waals surface area contributed by atoms with Crippen LogP contribution in [0.25, 0.3) is 0 Å². The SMILES string of the molecule is CCc1nn(C)c2c1NCC1(CC1)CN2. The van der Waals surface area contributed by atoms with Gasteiger partial charge in [-0.1, -0.05) is 6.92 Å². The van der Waals surface area contributed by atoms with Gasteiger partial charge >= 0.3 is 0 Å². The number of nitrogens with one attached hydrogen (secondary N) is 2. The van der Waals surface area contributed by atoms with Gasteiger partial charge in [0.05, 0.1) is 5.69 Å². The molecule has 4 nitrogen and oxygen atoms in total. The molecule has 1 aromatic rings. The Bertz CT molecular complexity index is 390. The molecule has 1 aliphatic carbocycles. The van der Waals surface area contributed by atoms with Gasteiger partial charge in [-0.25, -0.2) is 0 Å². The lowest BCUT2D eigenvalue weighted by Gasteiger charge is -2.11. The Hall–Kier alpha value is -1.19. The highest BCUT2D eigenvalue weighted by Gasteiger charge is 2.44. The molecule has 2 N–H and O–H groups in total. The van der Waals surface area contributed by atoms with Gasteiger partial charge in [0, 0.05) is 25.6 Å². The van der Waals surface area contributed by atoms with Crippen molar-refractivity contribution in [3.63, 3.8) is 0 Å². The summed E-state index contributed by atoms with van der Waals surface area (Å²) in [6, 6.07) is 0. The number of anilines is 2. The minimum absolute atomic E-state index is 0.532. The Kier molecular flexibility index (Phi) is 1.75. The maximum Gasteiger partial charge on any atom is 0.148 e. The summed E-state index contributed by atoms with van der Waals surface area (Å²) >= 11 is 0. The molecule has 1 saturated carbocycles. The maximum atomic E-state index is 4.51. The van der Waals surface area contributed by atoms with Gasteiger partial charge in [0.25, 0.3) is 0 Å². The van der Waals surface area contributed by atoms with Crippen LogP contribution in [0.5, 0.6) is 0 Å². The van der Waals surface area contributed by atoms with Crippen molar-refractivity contribution in [3.8, 4) is 0 Å². The highest BCUT2D eigenvalue weighted by Crippen LogP contribution is 2.48. The van der Waals surface area contributed by atoms with E-state index in [0.717, 1.165) is 25.3 Å². The lowest BCUT2D eigenvalue weighted by molar-refractivity contribution is 0.577. The van der Waals surface area contributed by atoms with E-state index in [2.05, 4.69) is 22.7 Å². The third kappa shape index (κ3) is 1.31. The zero-order chi connectivity index (χ0) is 10.5. The third-order valence-corrected chi connectivity index (χ3v) is 3.68. The zero-order valence-electron chi connectivity index (χ0n) is 9.43. The van der Waals surface area contributed by atoms with Crippen LogP contribution >= 0.6 is 0 Å². The predicted octanol–water partition coefficient (Wildman–Crippen LogP) is 1.60. The first kappa shape index (κ1) is 9.07. The summed E-state index contributed by atoms with van der Waals surface area (Å²) in [6.07, 6.45) is 3.70. The molecule has 1 fully saturated rings. The topological polar surface area (TPSA) is 41.9 Å². The number of aryl methyl sites for hydroxylation is 2. The second kappa shape index (κ2) is 2.90. The summed E-state index contributed by atoms with van der Waals surface area (Å²) in [6.45, 7) is 4.35. The van der Waals surface area contributed by atoms with Gasteiger partial charge in [-0.2, -0.15) is 5.10 Å². The van der Waals surface area contributed by atoms with Crippen molar-refractivity contribution in [2.75, 3.05) is 23.7 Å². The molecule has 0 saturated heterocycles. The predicted molar refractivity (Wildman–Crippen MR) is 61.2 cm³/mol. The van der Waals surface area contributed by atoms with E-state index in [0.29, 0.717) is 5.41 Å². The molecule has 0 aromatic carbocycles. The average molecular weight is 206 g/mol. The molecule has 0 unspecified atom stereocenters. The highest BCUT2D eigenvalue weighted by atomic mass is 15.3. The van der Waals surface area contributed by atoms with E-state index in [1.807, 2.05) is 11.7 Å². The molecular formula is C11H18N4. The van der Waals surface area contributed by atoms with Crippen molar-refractivity contribution in [3.05, 3.63) is 5.69 Å². The smallest absolute Gasteiger partial charge is 0.148 e. The molecule has 1 aromatic heterocycles. The van der Waals surface area contributed by atoms with Crippen molar-refractivity contribution >= 4 is 11.5 Å². The van der Waals surface area contributed by atoms with E-state index in [4.69, 9.17) is 0 Å². The number of fused-ring (bicyclic) bond motifs is 1. The fourth-order valence-electron chi connectivity index (χ4n) is 2.36. The molecule has 4 heteroatoms. The molecule has 82 valence electrons. The van der Waals surface area contributed by atoms with Crippen LogP contribution in [0.15, 0.2) is 0 Å². The average Bonchev–Trinajstić information content (AvgIpc) is 2.98. The van der Waals surface area contributed by atoms with Crippen molar-refractivity contribution in [1.29, 1.82) is 0 Å². The van der Waals surface area contributed by atoms with Gasteiger partial charge < -0.3 is 10.6 Å². The fraction of sp³-hybridized carbons (Fsp3) is 0.727. The molecule has 3 rings (SSSR count). The summed E-state index contributed by atoms with van der Waals surface area (Å²) in [5.74, 6) is 1.16. The van der Waals surface area contributed by atoms with Gasteiger partial charge in [-0.15, -0.1) is 0 Å². The Morgan fingerprint density at radius 1 is 1.33 bits per heavy atom. The summed E-state index contributed by atoms with van der Waals surface area (Å²) < 4.78 is 1.96. The van der Waals surface area contributed by atoms with Crippen LogP contribution < -0.4 is 10.6 Å². The van der Waals surface area contributed by atoms with E-state index >= 15 is 0 Å². The number of hydrogen-bond acceptors (Lipinski definition) is 3. The molecule has 1 spiro atoms. The lowest BCUT2D eigenvalue weighted by Crippen LogP contribution is -2.21. The molecule has 2 heterocycles. The molecule has 0 bridgehead atoms. The minimum Gasteiger partial charge on any atom is -0.380 e. The standard InChI is InChI=1S/C11H18N4/c1-3-8-9-10(15(2)14-8)13-7-11(4-5-11)6-12-9/h12-13H,3-7H2,1-2H3. The molecule has 15 heavy (non-hydrogen) atoms. The van der Waals surface area contributed by atoms with E-state index in [1.54, 1.807) is 0 Å². The number of nitrogens with zero attached hydrogens (tertiary/aromatic N) is 2. The first-order valence-corrected chi connectivity index (χ1v) is 5.78. The largest absolute Gasteiger partial charge is 0.380 e. The van der Waals surface area contributed by atoms with Crippen LogP contribution in [-0.4, -0.2) is 22.9 Å². The van der Waals surface area contributed by atoms with E-state index in [9.17, 15) is 0 Å². The highest BCUT2D eigenvalue weighted by molar-refractivity contribution is 5.69. The summed E-state index contributed by atoms with van der Waals surface area (Å²) in [5.41, 5.74) is 2.94. The number of rotatable bonds is 1. The quantitative estimate of drug-likeness (QED) is 0.733. The van der Waals surface area contributed by atoms with Crippen LogP contribution in [-0.2, 0) is 13.5 Å². The van der Waals surface area contributed by atoms with Gasteiger partial charge in [0.2, 0.25) is 0 Å². The van der Waals surface area contributed by atoms with Crippen molar-refractivity contribution < 1.29 is 0 Å². The Labute approximate surface area is 90.0 Å². The molecular weight excluding hydrogens is 188 g/mol. The number of hydrogen-bond donors (Lipinski definition) is 2.